The number of amides is 2. The highest BCUT2D eigenvalue weighted by molar-refractivity contribution is 5.77. The van der Waals surface area contributed by atoms with Gasteiger partial charge in [0.15, 0.2) is 0 Å². The summed E-state index contributed by atoms with van der Waals surface area (Å²) in [6.45, 7) is -0.683. The van der Waals surface area contributed by atoms with Gasteiger partial charge in [0.05, 0.1) is 12.0 Å². The SMILES string of the molecule is CC(NC(=O)N1CCCC(C(=O)O)C1)c1ccccc1OC(F)F. The van der Waals surface area contributed by atoms with Gasteiger partial charge in [-0.1, -0.05) is 18.2 Å². The first-order valence-electron chi connectivity index (χ1n) is 7.70. The molecule has 1 heterocycles. The highest BCUT2D eigenvalue weighted by Crippen LogP contribution is 2.26. The van der Waals surface area contributed by atoms with Crippen LogP contribution in [0.4, 0.5) is 13.6 Å². The number of carboxylic acids is 1. The lowest BCUT2D eigenvalue weighted by Gasteiger charge is -2.32. The van der Waals surface area contributed by atoms with E-state index in [1.165, 1.54) is 11.0 Å². The van der Waals surface area contributed by atoms with E-state index in [4.69, 9.17) is 5.11 Å². The summed E-state index contributed by atoms with van der Waals surface area (Å²) in [6, 6.07) is 5.26. The molecule has 2 amide bonds. The molecule has 8 heteroatoms. The van der Waals surface area contributed by atoms with Crippen molar-refractivity contribution >= 4 is 12.0 Å². The zero-order valence-corrected chi connectivity index (χ0v) is 13.2. The van der Waals surface area contributed by atoms with Crippen molar-refractivity contribution in [2.45, 2.75) is 32.4 Å². The van der Waals surface area contributed by atoms with Gasteiger partial charge in [0.25, 0.3) is 0 Å². The number of piperidine rings is 1. The number of carboxylic acid groups (broad SMARTS) is 1. The maximum absolute atomic E-state index is 12.5. The number of hydrogen-bond donors (Lipinski definition) is 2. The van der Waals surface area contributed by atoms with Crippen LogP contribution < -0.4 is 10.1 Å². The van der Waals surface area contributed by atoms with E-state index in [9.17, 15) is 18.4 Å². The fourth-order valence-corrected chi connectivity index (χ4v) is 2.76. The van der Waals surface area contributed by atoms with Crippen LogP contribution in [-0.4, -0.2) is 41.7 Å². The van der Waals surface area contributed by atoms with Crippen molar-refractivity contribution in [3.05, 3.63) is 29.8 Å². The molecule has 2 unspecified atom stereocenters. The Labute approximate surface area is 138 Å². The molecule has 0 radical (unpaired) electrons. The van der Waals surface area contributed by atoms with Crippen LogP contribution in [0.15, 0.2) is 24.3 Å². The number of urea groups is 1. The lowest BCUT2D eigenvalue weighted by atomic mass is 9.98. The van der Waals surface area contributed by atoms with Crippen molar-refractivity contribution in [1.82, 2.24) is 10.2 Å². The van der Waals surface area contributed by atoms with Crippen LogP contribution in [0.25, 0.3) is 0 Å². The smallest absolute Gasteiger partial charge is 0.387 e. The van der Waals surface area contributed by atoms with Crippen molar-refractivity contribution in [3.63, 3.8) is 0 Å². The largest absolute Gasteiger partial charge is 0.481 e. The molecule has 0 spiro atoms. The molecule has 1 fully saturated rings. The zero-order chi connectivity index (χ0) is 17.7. The molecule has 6 nitrogen and oxygen atoms in total. The fourth-order valence-electron chi connectivity index (χ4n) is 2.76. The third-order valence-corrected chi connectivity index (χ3v) is 4.00. The molecular weight excluding hydrogens is 322 g/mol. The minimum absolute atomic E-state index is 0.00218. The lowest BCUT2D eigenvalue weighted by molar-refractivity contribution is -0.143. The van der Waals surface area contributed by atoms with Gasteiger partial charge >= 0.3 is 18.6 Å². The number of nitrogens with zero attached hydrogens (tertiary/aromatic N) is 1. The summed E-state index contributed by atoms with van der Waals surface area (Å²) in [6.07, 6.45) is 1.16. The van der Waals surface area contributed by atoms with E-state index in [2.05, 4.69) is 10.1 Å². The number of hydrogen-bond acceptors (Lipinski definition) is 3. The summed E-state index contributed by atoms with van der Waals surface area (Å²) in [5.74, 6) is -1.49. The van der Waals surface area contributed by atoms with Gasteiger partial charge in [-0.2, -0.15) is 8.78 Å². The molecule has 24 heavy (non-hydrogen) atoms. The third-order valence-electron chi connectivity index (χ3n) is 4.00. The summed E-state index contributed by atoms with van der Waals surface area (Å²) in [4.78, 5) is 24.8. The second-order valence-corrected chi connectivity index (χ2v) is 5.71. The van der Waals surface area contributed by atoms with Crippen molar-refractivity contribution in [1.29, 1.82) is 0 Å². The number of para-hydroxylation sites is 1. The second kappa shape index (κ2) is 7.94. The van der Waals surface area contributed by atoms with E-state index in [1.54, 1.807) is 25.1 Å². The molecule has 1 aliphatic rings. The number of halogens is 2. The Bertz CT molecular complexity index is 597. The number of rotatable bonds is 5. The van der Waals surface area contributed by atoms with E-state index >= 15 is 0 Å². The summed E-state index contributed by atoms with van der Waals surface area (Å²) in [7, 11) is 0. The molecule has 2 N–H and O–H groups in total. The Morgan fingerprint density at radius 3 is 2.75 bits per heavy atom. The number of aliphatic carboxylic acids is 1. The van der Waals surface area contributed by atoms with Gasteiger partial charge in [0.1, 0.15) is 5.75 Å². The van der Waals surface area contributed by atoms with Crippen LogP contribution in [0.5, 0.6) is 5.75 Å². The average molecular weight is 342 g/mol. The number of carbonyl (C=O) groups excluding carboxylic acids is 1. The maximum Gasteiger partial charge on any atom is 0.387 e. The van der Waals surface area contributed by atoms with Gasteiger partial charge in [-0.15, -0.1) is 0 Å². The predicted molar refractivity (Wildman–Crippen MR) is 82.0 cm³/mol. The molecule has 0 bridgehead atoms. The molecular formula is C16H20F2N2O4. The zero-order valence-electron chi connectivity index (χ0n) is 13.2. The van der Waals surface area contributed by atoms with Gasteiger partial charge in [-0.25, -0.2) is 4.79 Å². The van der Waals surface area contributed by atoms with Gasteiger partial charge in [-0.05, 0) is 25.8 Å². The van der Waals surface area contributed by atoms with Gasteiger partial charge in [0.2, 0.25) is 0 Å². The maximum atomic E-state index is 12.5. The van der Waals surface area contributed by atoms with E-state index in [0.29, 0.717) is 24.9 Å². The van der Waals surface area contributed by atoms with E-state index in [0.717, 1.165) is 0 Å². The van der Waals surface area contributed by atoms with E-state index in [1.807, 2.05) is 0 Å². The number of alkyl halides is 2. The van der Waals surface area contributed by atoms with Crippen molar-refractivity contribution < 1.29 is 28.2 Å². The molecule has 2 atom stereocenters. The third kappa shape index (κ3) is 4.56. The standard InChI is InChI=1S/C16H20F2N2O4/c1-10(12-6-2-3-7-13(12)24-15(17)18)19-16(23)20-8-4-5-11(9-20)14(21)22/h2-3,6-7,10-11,15H,4-5,8-9H2,1H3,(H,19,23)(H,21,22). The first kappa shape index (κ1) is 18.0. The highest BCUT2D eigenvalue weighted by atomic mass is 19.3. The Hall–Kier alpha value is -2.38. The van der Waals surface area contributed by atoms with Crippen LogP contribution in [0, 0.1) is 5.92 Å². The molecule has 0 aliphatic carbocycles. The topological polar surface area (TPSA) is 78.9 Å². The first-order chi connectivity index (χ1) is 11.4. The van der Waals surface area contributed by atoms with Gasteiger partial charge in [0, 0.05) is 18.7 Å². The number of carbonyl (C=O) groups is 2. The Balaban J connectivity index is 2.02. The number of benzene rings is 1. The molecule has 1 aliphatic heterocycles. The van der Waals surface area contributed by atoms with E-state index < -0.39 is 30.6 Å². The van der Waals surface area contributed by atoms with Crippen molar-refractivity contribution in [2.75, 3.05) is 13.1 Å². The normalized spacial score (nSPS) is 19.0. The number of likely N-dealkylation sites (tertiary alicyclic amines) is 1. The molecule has 2 rings (SSSR count). The minimum Gasteiger partial charge on any atom is -0.481 e. The molecule has 1 aromatic rings. The molecule has 0 saturated carbocycles. The molecule has 132 valence electrons. The number of nitrogens with one attached hydrogen (secondary N) is 1. The van der Waals surface area contributed by atoms with Gasteiger partial charge in [-0.3, -0.25) is 4.79 Å². The van der Waals surface area contributed by atoms with Crippen LogP contribution in [-0.2, 0) is 4.79 Å². The predicted octanol–water partition coefficient (Wildman–Crippen LogP) is 2.86. The summed E-state index contributed by atoms with van der Waals surface area (Å²) in [5.41, 5.74) is 0.429. The van der Waals surface area contributed by atoms with Crippen LogP contribution in [0.1, 0.15) is 31.4 Å². The van der Waals surface area contributed by atoms with Crippen LogP contribution in [0.3, 0.4) is 0 Å². The van der Waals surface area contributed by atoms with E-state index in [-0.39, 0.29) is 12.3 Å². The Morgan fingerprint density at radius 1 is 1.38 bits per heavy atom. The average Bonchev–Trinajstić information content (AvgIpc) is 2.54. The molecule has 1 aromatic carbocycles. The lowest BCUT2D eigenvalue weighted by Crippen LogP contribution is -2.47. The first-order valence-corrected chi connectivity index (χ1v) is 7.70. The van der Waals surface area contributed by atoms with Crippen molar-refractivity contribution in [3.8, 4) is 5.75 Å². The fraction of sp³-hybridized carbons (Fsp3) is 0.500. The van der Waals surface area contributed by atoms with Crippen molar-refractivity contribution in [2.24, 2.45) is 5.92 Å². The Morgan fingerprint density at radius 2 is 2.08 bits per heavy atom. The highest BCUT2D eigenvalue weighted by Gasteiger charge is 2.29. The second-order valence-electron chi connectivity index (χ2n) is 5.71. The number of ether oxygens (including phenoxy) is 1. The van der Waals surface area contributed by atoms with Gasteiger partial charge < -0.3 is 20.1 Å². The van der Waals surface area contributed by atoms with Crippen LogP contribution in [0.2, 0.25) is 0 Å². The summed E-state index contributed by atoms with van der Waals surface area (Å²) < 4.78 is 29.4. The molecule has 1 saturated heterocycles. The minimum atomic E-state index is -2.95. The molecule has 0 aromatic heterocycles. The monoisotopic (exact) mass is 342 g/mol. The van der Waals surface area contributed by atoms with Crippen LogP contribution >= 0.6 is 0 Å². The Kier molecular flexibility index (Phi) is 5.94. The summed E-state index contributed by atoms with van der Waals surface area (Å²) >= 11 is 0. The summed E-state index contributed by atoms with van der Waals surface area (Å²) in [5, 5.41) is 11.8. The quantitative estimate of drug-likeness (QED) is 0.862.